The molecule has 0 aromatic carbocycles. The van der Waals surface area contributed by atoms with Crippen molar-refractivity contribution < 1.29 is 0 Å². The largest absolute Gasteiger partial charge is 0.370 e. The zero-order chi connectivity index (χ0) is 11.3. The zero-order valence-electron chi connectivity index (χ0n) is 9.21. The molecular formula is C10H18N4O. The number of H-pyrrole nitrogens is 1. The van der Waals surface area contributed by atoms with E-state index in [9.17, 15) is 4.79 Å². The summed E-state index contributed by atoms with van der Waals surface area (Å²) in [7, 11) is 0. The summed E-state index contributed by atoms with van der Waals surface area (Å²) < 4.78 is 0. The van der Waals surface area contributed by atoms with Crippen LogP contribution in [0.2, 0.25) is 0 Å². The van der Waals surface area contributed by atoms with Crippen molar-refractivity contribution in [2.45, 2.75) is 26.2 Å². The van der Waals surface area contributed by atoms with Gasteiger partial charge in [0.15, 0.2) is 0 Å². The molecule has 0 fully saturated rings. The molecule has 1 heterocycles. The quantitative estimate of drug-likeness (QED) is 0.623. The van der Waals surface area contributed by atoms with Gasteiger partial charge in [0, 0.05) is 18.5 Å². The van der Waals surface area contributed by atoms with Crippen LogP contribution in [-0.2, 0) is 0 Å². The van der Waals surface area contributed by atoms with Crippen molar-refractivity contribution in [3.63, 3.8) is 0 Å². The maximum absolute atomic E-state index is 11.3. The van der Waals surface area contributed by atoms with E-state index in [2.05, 4.69) is 15.3 Å². The Morgan fingerprint density at radius 1 is 1.60 bits per heavy atom. The molecule has 1 rings (SSSR count). The maximum atomic E-state index is 11.3. The highest BCUT2D eigenvalue weighted by molar-refractivity contribution is 5.33. The predicted molar refractivity (Wildman–Crippen MR) is 61.1 cm³/mol. The van der Waals surface area contributed by atoms with E-state index in [1.807, 2.05) is 13.8 Å². The molecule has 1 aromatic rings. The first kappa shape index (κ1) is 11.7. The van der Waals surface area contributed by atoms with Gasteiger partial charge in [0.05, 0.1) is 0 Å². The fourth-order valence-corrected chi connectivity index (χ4v) is 1.16. The van der Waals surface area contributed by atoms with Crippen LogP contribution < -0.4 is 16.6 Å². The second-order valence-corrected chi connectivity index (χ2v) is 3.74. The summed E-state index contributed by atoms with van der Waals surface area (Å²) in [5.41, 5.74) is 5.25. The fourth-order valence-electron chi connectivity index (χ4n) is 1.16. The molecule has 0 bridgehead atoms. The number of aromatic nitrogens is 2. The van der Waals surface area contributed by atoms with Crippen molar-refractivity contribution in [2.24, 2.45) is 5.73 Å². The van der Waals surface area contributed by atoms with Crippen molar-refractivity contribution >= 4 is 5.82 Å². The monoisotopic (exact) mass is 210 g/mol. The first-order chi connectivity index (χ1) is 7.13. The number of anilines is 1. The highest BCUT2D eigenvalue weighted by Crippen LogP contribution is 2.08. The summed E-state index contributed by atoms with van der Waals surface area (Å²) in [6.45, 7) is 5.35. The molecule has 5 nitrogen and oxygen atoms in total. The number of aromatic amines is 1. The predicted octanol–water partition coefficient (Wildman–Crippen LogP) is 0.654. The Morgan fingerprint density at radius 2 is 2.33 bits per heavy atom. The van der Waals surface area contributed by atoms with Gasteiger partial charge in [-0.3, -0.25) is 4.79 Å². The van der Waals surface area contributed by atoms with Crippen molar-refractivity contribution in [1.29, 1.82) is 0 Å². The first-order valence-corrected chi connectivity index (χ1v) is 5.18. The summed E-state index contributed by atoms with van der Waals surface area (Å²) in [5, 5.41) is 3.07. The van der Waals surface area contributed by atoms with Gasteiger partial charge in [-0.25, -0.2) is 4.98 Å². The van der Waals surface area contributed by atoms with Crippen LogP contribution in [0.15, 0.2) is 10.9 Å². The fraction of sp³-hybridized carbons (Fsp3) is 0.600. The summed E-state index contributed by atoms with van der Waals surface area (Å²) in [6.07, 6.45) is 0.867. The highest BCUT2D eigenvalue weighted by Gasteiger charge is 2.04. The van der Waals surface area contributed by atoms with E-state index < -0.39 is 0 Å². The van der Waals surface area contributed by atoms with Crippen molar-refractivity contribution in [3.05, 3.63) is 22.2 Å². The van der Waals surface area contributed by atoms with Crippen molar-refractivity contribution in [1.82, 2.24) is 9.97 Å². The SMILES string of the molecule is CC(C)c1nc(NCCCN)cc(=O)[nH]1. The van der Waals surface area contributed by atoms with Gasteiger partial charge < -0.3 is 16.0 Å². The van der Waals surface area contributed by atoms with Gasteiger partial charge in [-0.15, -0.1) is 0 Å². The molecule has 0 spiro atoms. The second kappa shape index (κ2) is 5.50. The lowest BCUT2D eigenvalue weighted by Gasteiger charge is -2.08. The molecule has 1 aromatic heterocycles. The van der Waals surface area contributed by atoms with Gasteiger partial charge in [-0.2, -0.15) is 0 Å². The van der Waals surface area contributed by atoms with Crippen LogP contribution in [0.4, 0.5) is 5.82 Å². The molecule has 84 valence electrons. The smallest absolute Gasteiger partial charge is 0.252 e. The van der Waals surface area contributed by atoms with Crippen LogP contribution in [0.3, 0.4) is 0 Å². The minimum atomic E-state index is -0.121. The van der Waals surface area contributed by atoms with E-state index in [1.165, 1.54) is 6.07 Å². The number of rotatable bonds is 5. The van der Waals surface area contributed by atoms with Crippen molar-refractivity contribution in [2.75, 3.05) is 18.4 Å². The molecule has 0 aliphatic carbocycles. The van der Waals surface area contributed by atoms with Crippen molar-refractivity contribution in [3.8, 4) is 0 Å². The van der Waals surface area contributed by atoms with Gasteiger partial charge in [-0.05, 0) is 13.0 Å². The summed E-state index contributed by atoms with van der Waals surface area (Å²) >= 11 is 0. The van der Waals surface area contributed by atoms with Gasteiger partial charge in [0.2, 0.25) is 0 Å². The van der Waals surface area contributed by atoms with E-state index in [1.54, 1.807) is 0 Å². The van der Waals surface area contributed by atoms with Gasteiger partial charge in [0.1, 0.15) is 11.6 Å². The highest BCUT2D eigenvalue weighted by atomic mass is 16.1. The first-order valence-electron chi connectivity index (χ1n) is 5.18. The average molecular weight is 210 g/mol. The third kappa shape index (κ3) is 3.71. The van der Waals surface area contributed by atoms with Crippen LogP contribution in [0, 0.1) is 0 Å². The van der Waals surface area contributed by atoms with Crippen LogP contribution in [-0.4, -0.2) is 23.1 Å². The third-order valence-electron chi connectivity index (χ3n) is 1.99. The third-order valence-corrected chi connectivity index (χ3v) is 1.99. The Morgan fingerprint density at radius 3 is 2.93 bits per heavy atom. The van der Waals surface area contributed by atoms with E-state index in [-0.39, 0.29) is 11.5 Å². The molecule has 0 saturated heterocycles. The normalized spacial score (nSPS) is 10.7. The van der Waals surface area contributed by atoms with Crippen LogP contribution in [0.1, 0.15) is 32.0 Å². The Kier molecular flexibility index (Phi) is 4.30. The molecule has 0 unspecified atom stereocenters. The van der Waals surface area contributed by atoms with Gasteiger partial charge in [-0.1, -0.05) is 13.8 Å². The molecule has 0 radical (unpaired) electrons. The van der Waals surface area contributed by atoms with Crippen LogP contribution in [0.5, 0.6) is 0 Å². The lowest BCUT2D eigenvalue weighted by atomic mass is 10.2. The molecule has 0 saturated carbocycles. The second-order valence-electron chi connectivity index (χ2n) is 3.74. The number of hydrogen-bond acceptors (Lipinski definition) is 4. The minimum absolute atomic E-state index is 0.121. The van der Waals surface area contributed by atoms with E-state index in [0.29, 0.717) is 18.2 Å². The van der Waals surface area contributed by atoms with Crippen LogP contribution >= 0.6 is 0 Å². The Hall–Kier alpha value is -1.36. The van der Waals surface area contributed by atoms with Gasteiger partial charge in [0.25, 0.3) is 5.56 Å². The lowest BCUT2D eigenvalue weighted by Crippen LogP contribution is -2.16. The average Bonchev–Trinajstić information content (AvgIpc) is 2.17. The van der Waals surface area contributed by atoms with E-state index in [4.69, 9.17) is 5.73 Å². The minimum Gasteiger partial charge on any atom is -0.370 e. The lowest BCUT2D eigenvalue weighted by molar-refractivity contribution is 0.764. The number of nitrogens with zero attached hydrogens (tertiary/aromatic N) is 1. The molecule has 0 amide bonds. The van der Waals surface area contributed by atoms with E-state index >= 15 is 0 Å². The maximum Gasteiger partial charge on any atom is 0.252 e. The Balaban J connectivity index is 2.75. The molecule has 0 aliphatic rings. The molecule has 15 heavy (non-hydrogen) atoms. The topological polar surface area (TPSA) is 83.8 Å². The zero-order valence-corrected chi connectivity index (χ0v) is 9.21. The number of nitrogens with one attached hydrogen (secondary N) is 2. The summed E-state index contributed by atoms with van der Waals surface area (Å²) in [5.74, 6) is 1.54. The molecule has 0 aliphatic heterocycles. The number of nitrogens with two attached hydrogens (primary N) is 1. The van der Waals surface area contributed by atoms with Gasteiger partial charge >= 0.3 is 0 Å². The van der Waals surface area contributed by atoms with E-state index in [0.717, 1.165) is 13.0 Å². The molecule has 5 heteroatoms. The molecular weight excluding hydrogens is 192 g/mol. The molecule has 4 N–H and O–H groups in total. The summed E-state index contributed by atoms with van der Waals surface area (Å²) in [4.78, 5) is 18.3. The number of hydrogen-bond donors (Lipinski definition) is 3. The standard InChI is InChI=1S/C10H18N4O/c1-7(2)10-13-8(6-9(15)14-10)12-5-3-4-11/h6-7H,3-5,11H2,1-2H3,(H2,12,13,14,15). The Bertz CT molecular complexity index is 359. The molecule has 0 atom stereocenters. The summed E-state index contributed by atoms with van der Waals surface area (Å²) in [6, 6.07) is 1.46. The Labute approximate surface area is 89.1 Å². The van der Waals surface area contributed by atoms with Crippen LogP contribution in [0.25, 0.3) is 0 Å².